The topological polar surface area (TPSA) is 81.4 Å². The minimum absolute atomic E-state index is 0.0593. The monoisotopic (exact) mass is 368 g/mol. The molecule has 1 heterocycles. The Hall–Kier alpha value is -0.340. The van der Waals surface area contributed by atoms with E-state index in [4.69, 9.17) is 22.1 Å². The molecule has 0 saturated carbocycles. The van der Waals surface area contributed by atoms with Gasteiger partial charge in [0.25, 0.3) is 0 Å². The molecule has 0 bridgehead atoms. The number of nitrogen functional groups attached to an aromatic ring is 1. The third-order valence-corrected chi connectivity index (χ3v) is 5.78. The van der Waals surface area contributed by atoms with E-state index in [1.807, 2.05) is 0 Å². The number of hydrogen-bond donors (Lipinski definition) is 2. The minimum atomic E-state index is -3.65. The Balaban J connectivity index is 2.28. The van der Waals surface area contributed by atoms with Gasteiger partial charge in [-0.3, -0.25) is 0 Å². The van der Waals surface area contributed by atoms with Crippen molar-refractivity contribution >= 4 is 43.2 Å². The van der Waals surface area contributed by atoms with Gasteiger partial charge in [0.15, 0.2) is 0 Å². The van der Waals surface area contributed by atoms with Gasteiger partial charge in [0.1, 0.15) is 0 Å². The molecule has 0 amide bonds. The van der Waals surface area contributed by atoms with Crippen molar-refractivity contribution in [1.82, 2.24) is 4.72 Å². The molecule has 1 aliphatic heterocycles. The molecule has 1 fully saturated rings. The van der Waals surface area contributed by atoms with Crippen LogP contribution in [-0.4, -0.2) is 27.7 Å². The largest absolute Gasteiger partial charge is 0.398 e. The molecule has 0 atom stereocenters. The van der Waals surface area contributed by atoms with Crippen LogP contribution in [0.5, 0.6) is 0 Å². The molecule has 106 valence electrons. The maximum absolute atomic E-state index is 12.3. The van der Waals surface area contributed by atoms with Crippen LogP contribution in [0.2, 0.25) is 5.02 Å². The number of benzene rings is 1. The smallest absolute Gasteiger partial charge is 0.242 e. The van der Waals surface area contributed by atoms with Crippen LogP contribution in [0.4, 0.5) is 5.69 Å². The zero-order chi connectivity index (χ0) is 14.0. The van der Waals surface area contributed by atoms with E-state index >= 15 is 0 Å². The number of halogens is 2. The lowest BCUT2D eigenvalue weighted by molar-refractivity contribution is 0.0832. The second-order valence-electron chi connectivity index (χ2n) is 4.32. The van der Waals surface area contributed by atoms with Crippen molar-refractivity contribution in [2.45, 2.75) is 23.8 Å². The second-order valence-corrected chi connectivity index (χ2v) is 7.23. The molecule has 2 rings (SSSR count). The van der Waals surface area contributed by atoms with Gasteiger partial charge in [-0.1, -0.05) is 11.6 Å². The average Bonchev–Trinajstić information content (AvgIpc) is 2.34. The normalized spacial score (nSPS) is 17.6. The third kappa shape index (κ3) is 3.61. The van der Waals surface area contributed by atoms with E-state index in [1.165, 1.54) is 12.1 Å². The lowest BCUT2D eigenvalue weighted by Gasteiger charge is -2.23. The van der Waals surface area contributed by atoms with E-state index in [1.54, 1.807) is 0 Å². The number of anilines is 1. The van der Waals surface area contributed by atoms with Crippen molar-refractivity contribution in [3.8, 4) is 0 Å². The Bertz CT molecular complexity index is 574. The summed E-state index contributed by atoms with van der Waals surface area (Å²) in [6.45, 7) is 1.12. The van der Waals surface area contributed by atoms with Crippen LogP contribution in [0.1, 0.15) is 12.8 Å². The highest BCUT2D eigenvalue weighted by Gasteiger charge is 2.25. The van der Waals surface area contributed by atoms with Crippen molar-refractivity contribution < 1.29 is 13.2 Å². The second kappa shape index (κ2) is 5.97. The van der Waals surface area contributed by atoms with Gasteiger partial charge in [-0.05, 0) is 40.9 Å². The Labute approximate surface area is 125 Å². The van der Waals surface area contributed by atoms with Crippen molar-refractivity contribution in [3.63, 3.8) is 0 Å². The summed E-state index contributed by atoms with van der Waals surface area (Å²) < 4.78 is 32.8. The van der Waals surface area contributed by atoms with Crippen molar-refractivity contribution in [2.75, 3.05) is 18.9 Å². The summed E-state index contributed by atoms with van der Waals surface area (Å²) in [5, 5.41) is 0.285. The van der Waals surface area contributed by atoms with Crippen molar-refractivity contribution in [1.29, 1.82) is 0 Å². The Kier molecular flexibility index (Phi) is 4.73. The van der Waals surface area contributed by atoms with Gasteiger partial charge < -0.3 is 10.5 Å². The number of nitrogens with one attached hydrogen (secondary N) is 1. The summed E-state index contributed by atoms with van der Waals surface area (Å²) in [6.07, 6.45) is 1.32. The highest BCUT2D eigenvalue weighted by atomic mass is 79.9. The highest BCUT2D eigenvalue weighted by Crippen LogP contribution is 2.31. The quantitative estimate of drug-likeness (QED) is 0.800. The fraction of sp³-hybridized carbons (Fsp3) is 0.455. The van der Waals surface area contributed by atoms with Gasteiger partial charge in [-0.25, -0.2) is 13.1 Å². The maximum Gasteiger partial charge on any atom is 0.242 e. The fourth-order valence-electron chi connectivity index (χ4n) is 1.88. The molecule has 0 aliphatic carbocycles. The Morgan fingerprint density at radius 1 is 1.37 bits per heavy atom. The van der Waals surface area contributed by atoms with E-state index in [2.05, 4.69) is 20.7 Å². The average molecular weight is 370 g/mol. The predicted octanol–water partition coefficient (Wildman–Crippen LogP) is 2.14. The lowest BCUT2D eigenvalue weighted by Crippen LogP contribution is -2.39. The minimum Gasteiger partial charge on any atom is -0.398 e. The first-order valence-electron chi connectivity index (χ1n) is 5.75. The molecule has 8 heteroatoms. The maximum atomic E-state index is 12.3. The molecule has 0 unspecified atom stereocenters. The number of sulfonamides is 1. The third-order valence-electron chi connectivity index (χ3n) is 2.86. The van der Waals surface area contributed by atoms with Gasteiger partial charge >= 0.3 is 0 Å². The SMILES string of the molecule is Nc1cc(Cl)cc(S(=O)(=O)NC2CCOCC2)c1Br. The van der Waals surface area contributed by atoms with Crippen molar-refractivity contribution in [2.24, 2.45) is 0 Å². The summed E-state index contributed by atoms with van der Waals surface area (Å²) in [4.78, 5) is 0.0593. The number of hydrogen-bond acceptors (Lipinski definition) is 4. The summed E-state index contributed by atoms with van der Waals surface area (Å²) in [5.74, 6) is 0. The summed E-state index contributed by atoms with van der Waals surface area (Å²) in [6, 6.07) is 2.76. The zero-order valence-corrected chi connectivity index (χ0v) is 13.2. The van der Waals surface area contributed by atoms with Gasteiger partial charge in [-0.15, -0.1) is 0 Å². The van der Waals surface area contributed by atoms with Crippen LogP contribution in [0.3, 0.4) is 0 Å². The Morgan fingerprint density at radius 3 is 2.63 bits per heavy atom. The van der Waals surface area contributed by atoms with Crippen molar-refractivity contribution in [3.05, 3.63) is 21.6 Å². The van der Waals surface area contributed by atoms with Gasteiger partial charge in [-0.2, -0.15) is 0 Å². The van der Waals surface area contributed by atoms with Gasteiger partial charge in [0, 0.05) is 30.0 Å². The molecule has 1 aromatic carbocycles. The summed E-state index contributed by atoms with van der Waals surface area (Å²) in [7, 11) is -3.65. The first-order chi connectivity index (χ1) is 8.90. The van der Waals surface area contributed by atoms with E-state index < -0.39 is 10.0 Å². The van der Waals surface area contributed by atoms with Crippen LogP contribution < -0.4 is 10.5 Å². The van der Waals surface area contributed by atoms with Crippen LogP contribution >= 0.6 is 27.5 Å². The molecule has 1 saturated heterocycles. The zero-order valence-electron chi connectivity index (χ0n) is 10.0. The fourth-order valence-corrected chi connectivity index (χ4v) is 4.48. The van der Waals surface area contributed by atoms with E-state index in [0.29, 0.717) is 36.2 Å². The summed E-state index contributed by atoms with van der Waals surface area (Å²) >= 11 is 9.05. The lowest BCUT2D eigenvalue weighted by atomic mass is 10.1. The molecule has 0 radical (unpaired) electrons. The van der Waals surface area contributed by atoms with Gasteiger partial charge in [0.05, 0.1) is 9.37 Å². The van der Waals surface area contributed by atoms with E-state index in [0.717, 1.165) is 0 Å². The van der Waals surface area contributed by atoms with Crippen LogP contribution in [0.15, 0.2) is 21.5 Å². The molecule has 19 heavy (non-hydrogen) atoms. The molecule has 1 aliphatic rings. The molecular weight excluding hydrogens is 356 g/mol. The molecule has 5 nitrogen and oxygen atoms in total. The predicted molar refractivity (Wildman–Crippen MR) is 77.7 cm³/mol. The molecule has 0 aromatic heterocycles. The molecule has 0 spiro atoms. The number of ether oxygens (including phenoxy) is 1. The van der Waals surface area contributed by atoms with Crippen LogP contribution in [0, 0.1) is 0 Å². The first kappa shape index (κ1) is 15.1. The summed E-state index contributed by atoms with van der Waals surface area (Å²) in [5.41, 5.74) is 6.00. The first-order valence-corrected chi connectivity index (χ1v) is 8.40. The molecular formula is C11H14BrClN2O3S. The van der Waals surface area contributed by atoms with E-state index in [9.17, 15) is 8.42 Å². The highest BCUT2D eigenvalue weighted by molar-refractivity contribution is 9.10. The Morgan fingerprint density at radius 2 is 2.00 bits per heavy atom. The van der Waals surface area contributed by atoms with Crippen LogP contribution in [-0.2, 0) is 14.8 Å². The standard InChI is InChI=1S/C11H14BrClN2O3S/c12-11-9(14)5-7(13)6-10(11)19(16,17)15-8-1-3-18-4-2-8/h5-6,8,15H,1-4,14H2. The molecule has 3 N–H and O–H groups in total. The molecule has 1 aromatic rings. The number of rotatable bonds is 3. The van der Waals surface area contributed by atoms with Gasteiger partial charge in [0.2, 0.25) is 10.0 Å². The number of nitrogens with two attached hydrogens (primary N) is 1. The van der Waals surface area contributed by atoms with Crippen LogP contribution in [0.25, 0.3) is 0 Å². The van der Waals surface area contributed by atoms with E-state index in [-0.39, 0.29) is 16.0 Å².